The highest BCUT2D eigenvalue weighted by Crippen LogP contribution is 2.21. The predicted molar refractivity (Wildman–Crippen MR) is 257 cm³/mol. The predicted octanol–water partition coefficient (Wildman–Crippen LogP) is -2.64. The molecule has 18 N–H and O–H groups in total. The van der Waals surface area contributed by atoms with Crippen molar-refractivity contribution in [2.45, 2.75) is 107 Å². The molecule has 71 heavy (non-hydrogen) atoms. The van der Waals surface area contributed by atoms with Crippen LogP contribution in [0.1, 0.15) is 62.5 Å². The van der Waals surface area contributed by atoms with Crippen LogP contribution in [0.5, 0.6) is 0 Å². The molecule has 3 heterocycles. The van der Waals surface area contributed by atoms with Gasteiger partial charge in [-0.2, -0.15) is 0 Å². The van der Waals surface area contributed by atoms with Gasteiger partial charge in [-0.05, 0) is 61.8 Å². The molecular weight excluding hydrogens is 927 g/mol. The number of para-hydroxylation sites is 2. The molecule has 1 aliphatic heterocycles. The maximum Gasteiger partial charge on any atom is 0.326 e. The van der Waals surface area contributed by atoms with Gasteiger partial charge in [0.1, 0.15) is 36.3 Å². The number of benzene rings is 2. The Bertz CT molecular complexity index is 2590. The van der Waals surface area contributed by atoms with Crippen molar-refractivity contribution in [2.75, 3.05) is 19.7 Å². The number of hydrogen-bond acceptors (Lipinski definition) is 12. The van der Waals surface area contributed by atoms with Crippen molar-refractivity contribution < 1.29 is 58.5 Å². The number of rotatable bonds is 14. The number of carboxylic acids is 2. The molecule has 4 aromatic rings. The van der Waals surface area contributed by atoms with Crippen LogP contribution in [0.15, 0.2) is 65.9 Å². The number of aromatic nitrogens is 2. The third-order valence-corrected chi connectivity index (χ3v) is 11.7. The first-order chi connectivity index (χ1) is 33.9. The molecule has 0 saturated carbocycles. The Labute approximate surface area is 406 Å². The Hall–Kier alpha value is -8.06. The van der Waals surface area contributed by atoms with E-state index >= 15 is 0 Å². The van der Waals surface area contributed by atoms with E-state index in [-0.39, 0.29) is 51.2 Å². The van der Waals surface area contributed by atoms with Gasteiger partial charge in [0.2, 0.25) is 41.4 Å². The SMILES string of the molecule is NC(N)=NCCC[C@@H]1NC(=O)[C@H](CO)NC(=O)[C@H](N)CCCCNC(=O)CC[C@H](C(=O)N[C@@H](Cc2c[nH]c3ccccc23)C(=O)O)NC(=O)[C@H](CC(=O)O)NC(=O)[C@H](Cc2c[nH]c3ccccc23)NC1=O. The number of aliphatic hydroxyl groups excluding tert-OH is 1. The Morgan fingerprint density at radius 3 is 1.94 bits per heavy atom. The fourth-order valence-electron chi connectivity index (χ4n) is 7.92. The standard InChI is InChI=1S/C46H61N13O12/c47-28-10-5-6-16-50-37(61)15-14-32(41(66)58-35(45(70)71)19-25-22-53-30-12-4-2-9-27(25)30)55-43(68)34(20-38(62)63)57-42(67)33(18-24-21-52-29-11-3-1-8-26(24)29)56-40(65)31(13-7-17-51-46(48)49)54-44(69)36(23-60)59-39(28)64/h1-4,8-9,11-12,21-22,28,31-36,52-53,60H,5-7,10,13-20,23,47H2,(H,50,61)(H,54,69)(H,55,68)(H,56,65)(H,57,67)(H,58,66)(H,59,64)(H,62,63)(H,70,71)(H4,48,49,51)/t28-,31+,32-,33+,34+,35+,36+/m1/s1. The molecule has 25 heteroatoms. The topological polar surface area (TPSA) is 421 Å². The number of nitrogens with one attached hydrogen (secondary N) is 9. The number of nitrogens with zero attached hydrogens (tertiary/aromatic N) is 1. The quantitative estimate of drug-likeness (QED) is 0.0349. The Balaban J connectivity index is 1.48. The molecular formula is C46H61N13O12. The largest absolute Gasteiger partial charge is 0.481 e. The van der Waals surface area contributed by atoms with Crippen LogP contribution in [0.3, 0.4) is 0 Å². The van der Waals surface area contributed by atoms with E-state index in [1.54, 1.807) is 60.9 Å². The minimum Gasteiger partial charge on any atom is -0.481 e. The molecule has 382 valence electrons. The lowest BCUT2D eigenvalue weighted by Crippen LogP contribution is -2.60. The summed E-state index contributed by atoms with van der Waals surface area (Å²) in [4.78, 5) is 131. The van der Waals surface area contributed by atoms with Gasteiger partial charge in [-0.25, -0.2) is 4.79 Å². The summed E-state index contributed by atoms with van der Waals surface area (Å²) in [6.45, 7) is -0.806. The molecule has 0 unspecified atom stereocenters. The third-order valence-electron chi connectivity index (χ3n) is 11.7. The first-order valence-electron chi connectivity index (χ1n) is 23.0. The second kappa shape index (κ2) is 26.1. The van der Waals surface area contributed by atoms with Gasteiger partial charge in [0, 0.05) is 66.6 Å². The van der Waals surface area contributed by atoms with Crippen LogP contribution in [0.4, 0.5) is 0 Å². The second-order valence-electron chi connectivity index (χ2n) is 17.1. The van der Waals surface area contributed by atoms with Gasteiger partial charge in [0.15, 0.2) is 5.96 Å². The van der Waals surface area contributed by atoms with E-state index in [2.05, 4.69) is 52.2 Å². The van der Waals surface area contributed by atoms with Gasteiger partial charge in [-0.15, -0.1) is 0 Å². The van der Waals surface area contributed by atoms with Crippen LogP contribution < -0.4 is 54.4 Å². The molecule has 7 atom stereocenters. The summed E-state index contributed by atoms with van der Waals surface area (Å²) in [5.74, 6) is -9.86. The summed E-state index contributed by atoms with van der Waals surface area (Å²) in [5.41, 5.74) is 19.5. The van der Waals surface area contributed by atoms with E-state index in [1.165, 1.54) is 0 Å². The number of hydrogen-bond donors (Lipinski definition) is 15. The van der Waals surface area contributed by atoms with Crippen LogP contribution in [0.2, 0.25) is 0 Å². The fourth-order valence-corrected chi connectivity index (χ4v) is 7.92. The number of carbonyl (C=O) groups is 9. The summed E-state index contributed by atoms with van der Waals surface area (Å²) in [6, 6.07) is 3.18. The van der Waals surface area contributed by atoms with Crippen molar-refractivity contribution in [1.82, 2.24) is 47.2 Å². The number of H-pyrrole nitrogens is 2. The van der Waals surface area contributed by atoms with E-state index in [1.807, 2.05) is 0 Å². The first kappa shape index (κ1) is 53.9. The minimum absolute atomic E-state index is 0.00594. The molecule has 1 saturated heterocycles. The van der Waals surface area contributed by atoms with Crippen LogP contribution in [-0.2, 0) is 56.0 Å². The maximum atomic E-state index is 14.4. The number of amides is 7. The molecule has 5 rings (SSSR count). The molecule has 2 aromatic heterocycles. The Morgan fingerprint density at radius 2 is 1.30 bits per heavy atom. The van der Waals surface area contributed by atoms with Crippen molar-refractivity contribution in [3.63, 3.8) is 0 Å². The first-order valence-corrected chi connectivity index (χ1v) is 23.0. The molecule has 0 spiro atoms. The zero-order valence-corrected chi connectivity index (χ0v) is 38.7. The summed E-state index contributed by atoms with van der Waals surface area (Å²) >= 11 is 0. The van der Waals surface area contributed by atoms with Crippen molar-refractivity contribution in [1.29, 1.82) is 0 Å². The Kier molecular flexibility index (Phi) is 19.8. The second-order valence-corrected chi connectivity index (χ2v) is 17.1. The lowest BCUT2D eigenvalue weighted by molar-refractivity contribution is -0.143. The number of guanidine groups is 1. The average molecular weight is 988 g/mol. The monoisotopic (exact) mass is 987 g/mol. The normalized spacial score (nSPS) is 22.1. The molecule has 7 amide bonds. The van der Waals surface area contributed by atoms with E-state index in [0.29, 0.717) is 45.8 Å². The number of aliphatic imine (C=N–C) groups is 1. The van der Waals surface area contributed by atoms with Crippen LogP contribution in [-0.4, -0.2) is 147 Å². The highest BCUT2D eigenvalue weighted by molar-refractivity contribution is 5.99. The van der Waals surface area contributed by atoms with Crippen molar-refractivity contribution in [3.05, 3.63) is 72.1 Å². The van der Waals surface area contributed by atoms with E-state index in [0.717, 1.165) is 0 Å². The van der Waals surface area contributed by atoms with Gasteiger partial charge in [-0.3, -0.25) is 43.3 Å². The van der Waals surface area contributed by atoms with Gasteiger partial charge < -0.3 is 79.7 Å². The summed E-state index contributed by atoms with van der Waals surface area (Å²) in [6.07, 6.45) is 1.54. The highest BCUT2D eigenvalue weighted by atomic mass is 16.4. The summed E-state index contributed by atoms with van der Waals surface area (Å²) in [7, 11) is 0. The smallest absolute Gasteiger partial charge is 0.326 e. The van der Waals surface area contributed by atoms with E-state index in [9.17, 15) is 58.5 Å². The zero-order valence-electron chi connectivity index (χ0n) is 38.7. The van der Waals surface area contributed by atoms with Crippen LogP contribution in [0.25, 0.3) is 21.8 Å². The molecule has 0 aliphatic carbocycles. The summed E-state index contributed by atoms with van der Waals surface area (Å²) in [5, 5.41) is 49.0. The number of nitrogens with two attached hydrogens (primary N) is 3. The van der Waals surface area contributed by atoms with Gasteiger partial charge in [0.25, 0.3) is 0 Å². The van der Waals surface area contributed by atoms with Crippen LogP contribution >= 0.6 is 0 Å². The molecule has 0 bridgehead atoms. The zero-order chi connectivity index (χ0) is 51.6. The van der Waals surface area contributed by atoms with Gasteiger partial charge in [-0.1, -0.05) is 36.4 Å². The maximum absolute atomic E-state index is 14.4. The molecule has 2 aromatic carbocycles. The van der Waals surface area contributed by atoms with Crippen LogP contribution in [0, 0.1) is 0 Å². The number of aromatic amines is 2. The molecule has 25 nitrogen and oxygen atoms in total. The summed E-state index contributed by atoms with van der Waals surface area (Å²) < 4.78 is 0. The number of carboxylic acid groups (broad SMARTS) is 2. The number of carbonyl (C=O) groups excluding carboxylic acids is 7. The molecule has 1 aliphatic rings. The van der Waals surface area contributed by atoms with Crippen molar-refractivity contribution >= 4 is 81.1 Å². The minimum atomic E-state index is -1.92. The molecule has 0 radical (unpaired) electrons. The fraction of sp³-hybridized carbons (Fsp3) is 0.435. The number of aliphatic hydroxyl groups is 1. The average Bonchev–Trinajstić information content (AvgIpc) is 3.94. The number of aliphatic carboxylic acids is 2. The molecule has 1 fully saturated rings. The van der Waals surface area contributed by atoms with Crippen molar-refractivity contribution in [2.24, 2.45) is 22.2 Å². The van der Waals surface area contributed by atoms with Crippen molar-refractivity contribution in [3.8, 4) is 0 Å². The third kappa shape index (κ3) is 16.0. The van der Waals surface area contributed by atoms with Gasteiger partial charge >= 0.3 is 11.9 Å². The Morgan fingerprint density at radius 1 is 0.718 bits per heavy atom. The van der Waals surface area contributed by atoms with E-state index in [4.69, 9.17) is 17.2 Å². The highest BCUT2D eigenvalue weighted by Gasteiger charge is 2.35. The van der Waals surface area contributed by atoms with E-state index < -0.39 is 121 Å². The van der Waals surface area contributed by atoms with Gasteiger partial charge in [0.05, 0.1) is 19.1 Å². The number of fused-ring (bicyclic) bond motifs is 2. The lowest BCUT2D eigenvalue weighted by Gasteiger charge is -2.27. The lowest BCUT2D eigenvalue weighted by atomic mass is 10.0.